The van der Waals surface area contributed by atoms with Gasteiger partial charge in [0.15, 0.2) is 0 Å². The highest BCUT2D eigenvalue weighted by atomic mass is 16.5. The van der Waals surface area contributed by atoms with E-state index in [0.29, 0.717) is 0 Å². The molecule has 2 heteroatoms. The highest BCUT2D eigenvalue weighted by Gasteiger charge is 1.98. The number of nitrogens with one attached hydrogen (secondary N) is 1. The van der Waals surface area contributed by atoms with E-state index in [1.54, 1.807) is 0 Å². The summed E-state index contributed by atoms with van der Waals surface area (Å²) in [6.45, 7) is 5.92. The molecule has 0 aromatic heterocycles. The first-order valence-corrected chi connectivity index (χ1v) is 7.31. The van der Waals surface area contributed by atoms with E-state index in [1.165, 1.54) is 23.2 Å². The average molecular weight is 269 g/mol. The highest BCUT2D eigenvalue weighted by Crippen LogP contribution is 2.16. The molecule has 0 atom stereocenters. The van der Waals surface area contributed by atoms with Gasteiger partial charge in [-0.05, 0) is 42.7 Å². The Bertz CT molecular complexity index is 519. The number of hydrogen-bond acceptors (Lipinski definition) is 2. The summed E-state index contributed by atoms with van der Waals surface area (Å²) < 4.78 is 5.66. The van der Waals surface area contributed by atoms with Gasteiger partial charge in [0, 0.05) is 12.2 Å². The number of ether oxygens (including phenoxy) is 1. The molecule has 2 nitrogen and oxygen atoms in total. The van der Waals surface area contributed by atoms with Gasteiger partial charge < -0.3 is 10.1 Å². The molecule has 1 N–H and O–H groups in total. The zero-order valence-electron chi connectivity index (χ0n) is 12.4. The zero-order valence-corrected chi connectivity index (χ0v) is 12.4. The number of aryl methyl sites for hydroxylation is 1. The summed E-state index contributed by atoms with van der Waals surface area (Å²) in [5, 5.41) is 3.46. The van der Waals surface area contributed by atoms with Crippen LogP contribution in [0.1, 0.15) is 30.9 Å². The Kier molecular flexibility index (Phi) is 5.48. The molecule has 0 unspecified atom stereocenters. The predicted molar refractivity (Wildman–Crippen MR) is 85.4 cm³/mol. The summed E-state index contributed by atoms with van der Waals surface area (Å²) in [7, 11) is 0. The molecule has 0 aliphatic heterocycles. The van der Waals surface area contributed by atoms with Gasteiger partial charge in [-0.2, -0.15) is 0 Å². The van der Waals surface area contributed by atoms with Crippen LogP contribution in [0.5, 0.6) is 5.75 Å². The van der Waals surface area contributed by atoms with Crippen LogP contribution < -0.4 is 10.1 Å². The molecule has 0 saturated heterocycles. The Morgan fingerprint density at radius 2 is 1.75 bits per heavy atom. The van der Waals surface area contributed by atoms with Gasteiger partial charge in [-0.25, -0.2) is 0 Å². The monoisotopic (exact) mass is 269 g/mol. The topological polar surface area (TPSA) is 21.3 Å². The van der Waals surface area contributed by atoms with Crippen molar-refractivity contribution < 1.29 is 4.74 Å². The van der Waals surface area contributed by atoms with Crippen molar-refractivity contribution in [2.45, 2.75) is 33.2 Å². The van der Waals surface area contributed by atoms with Crippen molar-refractivity contribution in [3.8, 4) is 5.75 Å². The fourth-order valence-corrected chi connectivity index (χ4v) is 2.01. The van der Waals surface area contributed by atoms with Crippen LogP contribution in [0.2, 0.25) is 0 Å². The van der Waals surface area contributed by atoms with Gasteiger partial charge in [-0.15, -0.1) is 0 Å². The SMILES string of the molecule is CCCCOc1ccc(CNc2ccccc2C)cc1. The lowest BCUT2D eigenvalue weighted by molar-refractivity contribution is 0.309. The van der Waals surface area contributed by atoms with E-state index in [2.05, 4.69) is 55.6 Å². The Labute approximate surface area is 121 Å². The molecule has 2 aromatic rings. The van der Waals surface area contributed by atoms with Crippen molar-refractivity contribution in [1.29, 1.82) is 0 Å². The molecule has 0 aliphatic rings. The lowest BCUT2D eigenvalue weighted by atomic mass is 10.1. The minimum Gasteiger partial charge on any atom is -0.494 e. The summed E-state index contributed by atoms with van der Waals surface area (Å²) in [4.78, 5) is 0. The van der Waals surface area contributed by atoms with Gasteiger partial charge in [0.05, 0.1) is 6.61 Å². The number of para-hydroxylation sites is 1. The fraction of sp³-hybridized carbons (Fsp3) is 0.333. The van der Waals surface area contributed by atoms with E-state index in [4.69, 9.17) is 4.74 Å². The van der Waals surface area contributed by atoms with Crippen LogP contribution in [-0.2, 0) is 6.54 Å². The molecule has 20 heavy (non-hydrogen) atoms. The van der Waals surface area contributed by atoms with Gasteiger partial charge in [-0.3, -0.25) is 0 Å². The van der Waals surface area contributed by atoms with E-state index in [-0.39, 0.29) is 0 Å². The summed E-state index contributed by atoms with van der Waals surface area (Å²) >= 11 is 0. The number of anilines is 1. The minimum absolute atomic E-state index is 0.803. The lowest BCUT2D eigenvalue weighted by Crippen LogP contribution is -2.01. The quantitative estimate of drug-likeness (QED) is 0.730. The Hall–Kier alpha value is -1.96. The summed E-state index contributed by atoms with van der Waals surface area (Å²) in [6.07, 6.45) is 2.27. The largest absolute Gasteiger partial charge is 0.494 e. The van der Waals surface area contributed by atoms with Crippen molar-refractivity contribution in [3.05, 3.63) is 59.7 Å². The molecule has 0 aliphatic carbocycles. The molecule has 0 saturated carbocycles. The number of benzene rings is 2. The van der Waals surface area contributed by atoms with Gasteiger partial charge in [0.2, 0.25) is 0 Å². The Morgan fingerprint density at radius 1 is 1.00 bits per heavy atom. The Morgan fingerprint density at radius 3 is 2.45 bits per heavy atom. The average Bonchev–Trinajstić information content (AvgIpc) is 2.48. The standard InChI is InChI=1S/C18H23NO/c1-3-4-13-20-17-11-9-16(10-12-17)14-19-18-8-6-5-7-15(18)2/h5-12,19H,3-4,13-14H2,1-2H3. The maximum Gasteiger partial charge on any atom is 0.119 e. The normalized spacial score (nSPS) is 10.3. The minimum atomic E-state index is 0.803. The molecule has 2 aromatic carbocycles. The van der Waals surface area contributed by atoms with Crippen LogP contribution in [0, 0.1) is 6.92 Å². The molecule has 0 spiro atoms. The number of hydrogen-bond donors (Lipinski definition) is 1. The summed E-state index contributed by atoms with van der Waals surface area (Å²) in [5.41, 5.74) is 3.72. The smallest absolute Gasteiger partial charge is 0.119 e. The fourth-order valence-electron chi connectivity index (χ4n) is 2.01. The van der Waals surface area contributed by atoms with Gasteiger partial charge in [0.1, 0.15) is 5.75 Å². The number of unbranched alkanes of at least 4 members (excludes halogenated alkanes) is 1. The summed E-state index contributed by atoms with van der Waals surface area (Å²) in [5.74, 6) is 0.957. The Balaban J connectivity index is 1.86. The predicted octanol–water partition coefficient (Wildman–Crippen LogP) is 4.79. The molecule has 0 amide bonds. The first-order chi connectivity index (χ1) is 9.79. The third kappa shape index (κ3) is 4.30. The zero-order chi connectivity index (χ0) is 14.2. The van der Waals surface area contributed by atoms with Crippen LogP contribution in [0.4, 0.5) is 5.69 Å². The highest BCUT2D eigenvalue weighted by molar-refractivity contribution is 5.50. The van der Waals surface area contributed by atoms with Crippen molar-refractivity contribution in [3.63, 3.8) is 0 Å². The second-order valence-electron chi connectivity index (χ2n) is 5.01. The van der Waals surface area contributed by atoms with Crippen molar-refractivity contribution in [2.75, 3.05) is 11.9 Å². The van der Waals surface area contributed by atoms with Crippen molar-refractivity contribution >= 4 is 5.69 Å². The third-order valence-electron chi connectivity index (χ3n) is 3.32. The maximum atomic E-state index is 5.66. The van der Waals surface area contributed by atoms with Crippen LogP contribution in [0.25, 0.3) is 0 Å². The third-order valence-corrected chi connectivity index (χ3v) is 3.32. The molecular formula is C18H23NO. The van der Waals surface area contributed by atoms with Crippen LogP contribution in [0.15, 0.2) is 48.5 Å². The molecule has 0 fully saturated rings. The number of rotatable bonds is 7. The lowest BCUT2D eigenvalue weighted by Gasteiger charge is -2.10. The van der Waals surface area contributed by atoms with Gasteiger partial charge >= 0.3 is 0 Å². The van der Waals surface area contributed by atoms with E-state index in [9.17, 15) is 0 Å². The first kappa shape index (κ1) is 14.4. The van der Waals surface area contributed by atoms with Gasteiger partial charge in [0.25, 0.3) is 0 Å². The second kappa shape index (κ2) is 7.59. The van der Waals surface area contributed by atoms with E-state index >= 15 is 0 Å². The summed E-state index contributed by atoms with van der Waals surface area (Å²) in [6, 6.07) is 16.7. The molecule has 0 bridgehead atoms. The van der Waals surface area contributed by atoms with E-state index < -0.39 is 0 Å². The van der Waals surface area contributed by atoms with Crippen molar-refractivity contribution in [1.82, 2.24) is 0 Å². The molecule has 106 valence electrons. The van der Waals surface area contributed by atoms with Crippen LogP contribution >= 0.6 is 0 Å². The molecule has 0 radical (unpaired) electrons. The van der Waals surface area contributed by atoms with Crippen molar-refractivity contribution in [2.24, 2.45) is 0 Å². The first-order valence-electron chi connectivity index (χ1n) is 7.31. The molecular weight excluding hydrogens is 246 g/mol. The maximum absolute atomic E-state index is 5.66. The molecule has 0 heterocycles. The van der Waals surface area contributed by atoms with Crippen LogP contribution in [0.3, 0.4) is 0 Å². The van der Waals surface area contributed by atoms with Gasteiger partial charge in [-0.1, -0.05) is 43.7 Å². The van der Waals surface area contributed by atoms with E-state index in [1.807, 2.05) is 12.1 Å². The van der Waals surface area contributed by atoms with Crippen LogP contribution in [-0.4, -0.2) is 6.61 Å². The second-order valence-corrected chi connectivity index (χ2v) is 5.01. The van der Waals surface area contributed by atoms with E-state index in [0.717, 1.165) is 25.3 Å². The molecule has 2 rings (SSSR count).